The molecule has 0 heterocycles. The van der Waals surface area contributed by atoms with Crippen LogP contribution in [-0.4, -0.2) is 16.6 Å². The summed E-state index contributed by atoms with van der Waals surface area (Å²) in [6.45, 7) is 22.3. The topological polar surface area (TPSA) is 18.5 Å². The first-order valence-electron chi connectivity index (χ1n) is 10.6. The Hall–Kier alpha value is -2.95. The Bertz CT molecular complexity index is 1080. The lowest BCUT2D eigenvalue weighted by molar-refractivity contribution is 0.474. The van der Waals surface area contributed by atoms with Crippen molar-refractivity contribution < 1.29 is 8.85 Å². The smallest absolute Gasteiger partial charge is 0.250 e. The molecule has 0 atom stereocenters. The van der Waals surface area contributed by atoms with E-state index in [0.717, 1.165) is 17.1 Å². The van der Waals surface area contributed by atoms with Crippen molar-refractivity contribution in [2.75, 3.05) is 0 Å². The lowest BCUT2D eigenvalue weighted by Gasteiger charge is -2.38. The molecule has 1 aromatic rings. The molecule has 0 aliphatic heterocycles. The Balaban J connectivity index is 3.36. The molecule has 0 fully saturated rings. The van der Waals surface area contributed by atoms with Gasteiger partial charge in [0, 0.05) is 11.6 Å². The van der Waals surface area contributed by atoms with Gasteiger partial charge in [-0.3, -0.25) is 0 Å². The van der Waals surface area contributed by atoms with E-state index in [9.17, 15) is 0 Å². The Kier molecular flexibility index (Phi) is 8.96. The summed E-state index contributed by atoms with van der Waals surface area (Å²) in [7, 11) is -4.02. The Morgan fingerprint density at radius 2 is 1.00 bits per heavy atom. The van der Waals surface area contributed by atoms with Gasteiger partial charge in [0.1, 0.15) is 11.5 Å². The SMILES string of the molecule is C#CC#CC#CC#CC#Cc1cc(O[Si](C)(C)C(C)(C)C)cc(O[Si](C)(C)C(C)(C)C)c1. The molecule has 0 N–H and O–H groups in total. The van der Waals surface area contributed by atoms with Gasteiger partial charge in [0.15, 0.2) is 0 Å². The summed E-state index contributed by atoms with van der Waals surface area (Å²) >= 11 is 0. The third-order valence-electron chi connectivity index (χ3n) is 5.89. The van der Waals surface area contributed by atoms with E-state index in [1.807, 2.05) is 18.2 Å². The lowest BCUT2D eigenvalue weighted by atomic mass is 10.2. The van der Waals surface area contributed by atoms with Crippen molar-refractivity contribution in [2.24, 2.45) is 0 Å². The van der Waals surface area contributed by atoms with Gasteiger partial charge in [0.25, 0.3) is 0 Å². The molecule has 166 valence electrons. The third-order valence-corrected chi connectivity index (χ3v) is 14.6. The molecule has 0 unspecified atom stereocenters. The van der Waals surface area contributed by atoms with Crippen LogP contribution in [0, 0.1) is 59.7 Å². The van der Waals surface area contributed by atoms with Crippen molar-refractivity contribution >= 4 is 16.6 Å². The van der Waals surface area contributed by atoms with Crippen LogP contribution in [0.5, 0.6) is 11.5 Å². The highest BCUT2D eigenvalue weighted by Gasteiger charge is 2.40. The fourth-order valence-corrected chi connectivity index (χ4v) is 3.98. The van der Waals surface area contributed by atoms with E-state index in [4.69, 9.17) is 15.3 Å². The summed E-state index contributed by atoms with van der Waals surface area (Å²) in [5, 5.41) is 0.170. The van der Waals surface area contributed by atoms with E-state index in [1.165, 1.54) is 0 Å². The number of hydrogen-bond donors (Lipinski definition) is 0. The molecule has 0 aromatic heterocycles. The van der Waals surface area contributed by atoms with Gasteiger partial charge in [-0.05, 0) is 95.8 Å². The van der Waals surface area contributed by atoms with E-state index in [0.29, 0.717) is 0 Å². The van der Waals surface area contributed by atoms with E-state index < -0.39 is 16.6 Å². The quantitative estimate of drug-likeness (QED) is 0.381. The van der Waals surface area contributed by atoms with Crippen LogP contribution >= 0.6 is 0 Å². The normalized spacial score (nSPS) is 11.0. The van der Waals surface area contributed by atoms with Crippen molar-refractivity contribution in [1.82, 2.24) is 0 Å². The average molecular weight is 459 g/mol. The molecular formula is C28H34O2Si2. The highest BCUT2D eigenvalue weighted by atomic mass is 28.4. The van der Waals surface area contributed by atoms with E-state index in [1.54, 1.807) is 0 Å². The number of rotatable bonds is 4. The van der Waals surface area contributed by atoms with Crippen molar-refractivity contribution in [3.63, 3.8) is 0 Å². The molecule has 0 radical (unpaired) electrons. The second-order valence-corrected chi connectivity index (χ2v) is 20.0. The molecule has 0 aliphatic rings. The third kappa shape index (κ3) is 8.29. The van der Waals surface area contributed by atoms with E-state index in [2.05, 4.69) is 121 Å². The summed E-state index contributed by atoms with van der Waals surface area (Å²) in [5.74, 6) is 25.2. The van der Waals surface area contributed by atoms with Crippen LogP contribution in [0.15, 0.2) is 18.2 Å². The molecule has 0 bridgehead atoms. The summed E-state index contributed by atoms with van der Waals surface area (Å²) < 4.78 is 13.1. The van der Waals surface area contributed by atoms with Crippen LogP contribution in [0.1, 0.15) is 47.1 Å². The fourth-order valence-electron chi connectivity index (χ4n) is 1.95. The molecule has 0 amide bonds. The van der Waals surface area contributed by atoms with Gasteiger partial charge in [0.05, 0.1) is 0 Å². The molecule has 1 aromatic carbocycles. The summed E-state index contributed by atoms with van der Waals surface area (Å²) in [4.78, 5) is 0. The Labute approximate surface area is 198 Å². The molecule has 0 saturated heterocycles. The minimum atomic E-state index is -2.01. The molecule has 0 aliphatic carbocycles. The van der Waals surface area contributed by atoms with Crippen LogP contribution in [0.4, 0.5) is 0 Å². The summed E-state index contributed by atoms with van der Waals surface area (Å²) in [6, 6.07) is 5.91. The molecular weight excluding hydrogens is 424 g/mol. The molecule has 2 nitrogen and oxygen atoms in total. The maximum Gasteiger partial charge on any atom is 0.250 e. The van der Waals surface area contributed by atoms with Gasteiger partial charge in [-0.15, -0.1) is 6.42 Å². The van der Waals surface area contributed by atoms with Gasteiger partial charge >= 0.3 is 0 Å². The summed E-state index contributed by atoms with van der Waals surface area (Å²) in [6.07, 6.45) is 5.04. The first kappa shape index (κ1) is 27.1. The number of terminal acetylenes is 1. The van der Waals surface area contributed by atoms with Crippen LogP contribution in [0.25, 0.3) is 0 Å². The van der Waals surface area contributed by atoms with Crippen LogP contribution < -0.4 is 8.85 Å². The van der Waals surface area contributed by atoms with Gasteiger partial charge in [-0.2, -0.15) is 0 Å². The van der Waals surface area contributed by atoms with Gasteiger partial charge in [-0.1, -0.05) is 47.5 Å². The second-order valence-electron chi connectivity index (χ2n) is 10.6. The average Bonchev–Trinajstić information content (AvgIpc) is 2.61. The van der Waals surface area contributed by atoms with Crippen molar-refractivity contribution in [3.05, 3.63) is 23.8 Å². The Morgan fingerprint density at radius 3 is 1.38 bits per heavy atom. The first-order chi connectivity index (χ1) is 14.6. The minimum absolute atomic E-state index is 0.0849. The fraction of sp³-hybridized carbons (Fsp3) is 0.429. The van der Waals surface area contributed by atoms with Crippen molar-refractivity contribution in [1.29, 1.82) is 0 Å². The van der Waals surface area contributed by atoms with Crippen LogP contribution in [0.2, 0.25) is 36.3 Å². The highest BCUT2D eigenvalue weighted by molar-refractivity contribution is 6.75. The zero-order valence-electron chi connectivity index (χ0n) is 21.1. The monoisotopic (exact) mass is 458 g/mol. The minimum Gasteiger partial charge on any atom is -0.543 e. The van der Waals surface area contributed by atoms with E-state index in [-0.39, 0.29) is 10.1 Å². The van der Waals surface area contributed by atoms with Crippen LogP contribution in [-0.2, 0) is 0 Å². The zero-order valence-corrected chi connectivity index (χ0v) is 23.1. The number of benzene rings is 1. The summed E-state index contributed by atoms with van der Waals surface area (Å²) in [5.41, 5.74) is 0.796. The van der Waals surface area contributed by atoms with Crippen molar-refractivity contribution in [3.8, 4) is 71.2 Å². The Morgan fingerprint density at radius 1 is 0.625 bits per heavy atom. The molecule has 1 rings (SSSR count). The second kappa shape index (κ2) is 10.6. The van der Waals surface area contributed by atoms with Gasteiger partial charge in [0.2, 0.25) is 16.6 Å². The van der Waals surface area contributed by atoms with Crippen LogP contribution in [0.3, 0.4) is 0 Å². The molecule has 0 saturated carbocycles. The molecule has 0 spiro atoms. The molecule has 32 heavy (non-hydrogen) atoms. The maximum absolute atomic E-state index is 6.55. The zero-order chi connectivity index (χ0) is 24.6. The van der Waals surface area contributed by atoms with Gasteiger partial charge < -0.3 is 8.85 Å². The highest BCUT2D eigenvalue weighted by Crippen LogP contribution is 2.40. The predicted molar refractivity (Wildman–Crippen MR) is 141 cm³/mol. The first-order valence-corrected chi connectivity index (χ1v) is 16.4. The molecule has 4 heteroatoms. The van der Waals surface area contributed by atoms with Gasteiger partial charge in [-0.25, -0.2) is 0 Å². The lowest BCUT2D eigenvalue weighted by Crippen LogP contribution is -2.44. The number of hydrogen-bond acceptors (Lipinski definition) is 2. The maximum atomic E-state index is 6.55. The predicted octanol–water partition coefficient (Wildman–Crippen LogP) is 6.45. The van der Waals surface area contributed by atoms with E-state index >= 15 is 0 Å². The standard InChI is InChI=1S/C28H34O2Si2/c1-12-13-14-15-16-17-18-19-20-24-21-25(29-31(8,9)27(2,3)4)23-26(22-24)30-32(10,11)28(5,6)7/h1,21-23H,2-11H3. The van der Waals surface area contributed by atoms with Crippen molar-refractivity contribution in [2.45, 2.75) is 77.8 Å². The largest absolute Gasteiger partial charge is 0.543 e.